The summed E-state index contributed by atoms with van der Waals surface area (Å²) in [6.45, 7) is 2.55. The number of fused-ring (bicyclic) bond motifs is 1. The second-order valence-electron chi connectivity index (χ2n) is 8.05. The van der Waals surface area contributed by atoms with Gasteiger partial charge in [0.2, 0.25) is 5.89 Å². The Kier molecular flexibility index (Phi) is 5.27. The minimum atomic E-state index is -0.314. The Morgan fingerprint density at radius 1 is 1.26 bits per heavy atom. The molecule has 1 fully saturated rings. The van der Waals surface area contributed by atoms with Gasteiger partial charge in [0.1, 0.15) is 16.4 Å². The average Bonchev–Trinajstić information content (AvgIpc) is 3.51. The molecule has 0 unspecified atom stereocenters. The molecule has 3 aromatic heterocycles. The SMILES string of the molecule is Cc1ncsc1-c1nnc(C2CCC(CNC(=O)c3cc4cc(F)ccc4[nH]3)CC2)o1. The van der Waals surface area contributed by atoms with E-state index in [1.807, 2.05) is 6.92 Å². The maximum absolute atomic E-state index is 13.4. The number of thiazole rings is 1. The van der Waals surface area contributed by atoms with E-state index in [0.29, 0.717) is 35.3 Å². The van der Waals surface area contributed by atoms with E-state index >= 15 is 0 Å². The fourth-order valence-electron chi connectivity index (χ4n) is 4.17. The van der Waals surface area contributed by atoms with Gasteiger partial charge in [0.15, 0.2) is 0 Å². The van der Waals surface area contributed by atoms with E-state index in [9.17, 15) is 9.18 Å². The second-order valence-corrected chi connectivity index (χ2v) is 8.91. The molecule has 0 saturated heterocycles. The smallest absolute Gasteiger partial charge is 0.267 e. The standard InChI is InChI=1S/C22H22FN5O2S/c1-12-19(31-11-25-12)22-28-27-21(30-22)14-4-2-13(3-5-14)10-24-20(29)18-9-15-8-16(23)6-7-17(15)26-18/h6-9,11,13-14,26H,2-5,10H2,1H3,(H,24,29). The lowest BCUT2D eigenvalue weighted by molar-refractivity contribution is 0.0938. The highest BCUT2D eigenvalue weighted by Gasteiger charge is 2.27. The number of H-pyrrole nitrogens is 1. The van der Waals surface area contributed by atoms with Crippen molar-refractivity contribution in [1.29, 1.82) is 0 Å². The highest BCUT2D eigenvalue weighted by Crippen LogP contribution is 2.36. The van der Waals surface area contributed by atoms with Crippen LogP contribution < -0.4 is 5.32 Å². The van der Waals surface area contributed by atoms with Crippen molar-refractivity contribution in [2.75, 3.05) is 6.54 Å². The molecule has 1 amide bonds. The summed E-state index contributed by atoms with van der Waals surface area (Å²) in [5.74, 6) is 1.42. The van der Waals surface area contributed by atoms with Crippen LogP contribution in [0, 0.1) is 18.7 Å². The van der Waals surface area contributed by atoms with Crippen LogP contribution in [0.3, 0.4) is 0 Å². The highest BCUT2D eigenvalue weighted by molar-refractivity contribution is 7.13. The molecule has 4 aromatic rings. The molecule has 31 heavy (non-hydrogen) atoms. The fraction of sp³-hybridized carbons (Fsp3) is 0.364. The van der Waals surface area contributed by atoms with E-state index in [1.165, 1.54) is 23.5 Å². The lowest BCUT2D eigenvalue weighted by Crippen LogP contribution is -2.31. The molecule has 5 rings (SSSR count). The van der Waals surface area contributed by atoms with E-state index in [2.05, 4.69) is 25.5 Å². The zero-order valence-electron chi connectivity index (χ0n) is 17.0. The summed E-state index contributed by atoms with van der Waals surface area (Å²) in [5.41, 5.74) is 3.88. The number of hydrogen-bond donors (Lipinski definition) is 2. The number of rotatable bonds is 5. The number of aromatic nitrogens is 4. The first-order chi connectivity index (χ1) is 15.1. The van der Waals surface area contributed by atoms with Crippen LogP contribution in [0.15, 0.2) is 34.2 Å². The Morgan fingerprint density at radius 3 is 2.87 bits per heavy atom. The third-order valence-electron chi connectivity index (χ3n) is 5.96. The molecule has 0 bridgehead atoms. The Hall–Kier alpha value is -3.07. The Bertz CT molecular complexity index is 1220. The number of benzene rings is 1. The molecule has 0 atom stereocenters. The number of nitrogens with one attached hydrogen (secondary N) is 2. The summed E-state index contributed by atoms with van der Waals surface area (Å²) < 4.78 is 19.3. The van der Waals surface area contributed by atoms with E-state index in [4.69, 9.17) is 4.42 Å². The van der Waals surface area contributed by atoms with Crippen LogP contribution in [0.25, 0.3) is 21.7 Å². The van der Waals surface area contributed by atoms with Gasteiger partial charge in [0.25, 0.3) is 11.8 Å². The fourth-order valence-corrected chi connectivity index (χ4v) is 4.89. The normalized spacial score (nSPS) is 19.0. The first-order valence-electron chi connectivity index (χ1n) is 10.4. The van der Waals surface area contributed by atoms with Gasteiger partial charge in [-0.05, 0) is 62.8 Å². The molecule has 160 valence electrons. The molecular weight excluding hydrogens is 417 g/mol. The van der Waals surface area contributed by atoms with E-state index < -0.39 is 0 Å². The van der Waals surface area contributed by atoms with Crippen molar-refractivity contribution >= 4 is 28.1 Å². The maximum Gasteiger partial charge on any atom is 0.267 e. The summed E-state index contributed by atoms with van der Waals surface area (Å²) >= 11 is 1.50. The van der Waals surface area contributed by atoms with Crippen molar-refractivity contribution in [3.63, 3.8) is 0 Å². The third-order valence-corrected chi connectivity index (χ3v) is 6.87. The minimum absolute atomic E-state index is 0.166. The van der Waals surface area contributed by atoms with Gasteiger partial charge in [-0.2, -0.15) is 0 Å². The third kappa shape index (κ3) is 4.10. The van der Waals surface area contributed by atoms with Crippen LogP contribution in [0.1, 0.15) is 53.7 Å². The van der Waals surface area contributed by atoms with Crippen molar-refractivity contribution in [1.82, 2.24) is 25.5 Å². The van der Waals surface area contributed by atoms with Crippen LogP contribution in [-0.2, 0) is 0 Å². The largest absolute Gasteiger partial charge is 0.420 e. The summed E-state index contributed by atoms with van der Waals surface area (Å²) in [4.78, 5) is 20.7. The highest BCUT2D eigenvalue weighted by atomic mass is 32.1. The molecule has 3 heterocycles. The molecule has 9 heteroatoms. The second kappa shape index (κ2) is 8.22. The number of nitrogens with zero attached hydrogens (tertiary/aromatic N) is 3. The molecule has 0 aliphatic heterocycles. The van der Waals surface area contributed by atoms with Crippen LogP contribution in [0.5, 0.6) is 0 Å². The number of carbonyl (C=O) groups excluding carboxylic acids is 1. The Morgan fingerprint density at radius 2 is 2.10 bits per heavy atom. The van der Waals surface area contributed by atoms with Gasteiger partial charge < -0.3 is 14.7 Å². The molecule has 7 nitrogen and oxygen atoms in total. The maximum atomic E-state index is 13.4. The molecular formula is C22H22FN5O2S. The molecule has 1 saturated carbocycles. The number of amides is 1. The van der Waals surface area contributed by atoms with Gasteiger partial charge in [-0.1, -0.05) is 0 Å². The van der Waals surface area contributed by atoms with E-state index in [1.54, 1.807) is 17.6 Å². The van der Waals surface area contributed by atoms with Gasteiger partial charge in [0.05, 0.1) is 11.2 Å². The summed E-state index contributed by atoms with van der Waals surface area (Å²) in [6, 6.07) is 6.12. The predicted molar refractivity (Wildman–Crippen MR) is 115 cm³/mol. The molecule has 1 aliphatic carbocycles. The zero-order chi connectivity index (χ0) is 21.4. The van der Waals surface area contributed by atoms with Gasteiger partial charge in [0, 0.05) is 23.4 Å². The van der Waals surface area contributed by atoms with Gasteiger partial charge in [-0.3, -0.25) is 4.79 Å². The zero-order valence-corrected chi connectivity index (χ0v) is 17.8. The van der Waals surface area contributed by atoms with Crippen LogP contribution in [-0.4, -0.2) is 32.6 Å². The Labute approximate surface area is 182 Å². The quantitative estimate of drug-likeness (QED) is 0.464. The lowest BCUT2D eigenvalue weighted by atomic mass is 9.82. The molecule has 0 spiro atoms. The van der Waals surface area contributed by atoms with Crippen molar-refractivity contribution in [2.24, 2.45) is 5.92 Å². The molecule has 1 aromatic carbocycles. The van der Waals surface area contributed by atoms with Crippen molar-refractivity contribution in [2.45, 2.75) is 38.5 Å². The van der Waals surface area contributed by atoms with Crippen molar-refractivity contribution < 1.29 is 13.6 Å². The number of halogens is 1. The lowest BCUT2D eigenvalue weighted by Gasteiger charge is -2.26. The van der Waals surface area contributed by atoms with Gasteiger partial charge in [-0.15, -0.1) is 21.5 Å². The summed E-state index contributed by atoms with van der Waals surface area (Å²) in [5, 5.41) is 12.2. The van der Waals surface area contributed by atoms with Crippen molar-refractivity contribution in [3.05, 3.63) is 52.9 Å². The average molecular weight is 440 g/mol. The number of aromatic amines is 1. The first-order valence-corrected chi connectivity index (χ1v) is 11.2. The topological polar surface area (TPSA) is 96.7 Å². The van der Waals surface area contributed by atoms with Crippen LogP contribution in [0.4, 0.5) is 4.39 Å². The van der Waals surface area contributed by atoms with E-state index in [-0.39, 0.29) is 17.6 Å². The van der Waals surface area contributed by atoms with Crippen LogP contribution in [0.2, 0.25) is 0 Å². The molecule has 1 aliphatic rings. The Balaban J connectivity index is 1.14. The number of aryl methyl sites for hydroxylation is 1. The van der Waals surface area contributed by atoms with Gasteiger partial charge >= 0.3 is 0 Å². The predicted octanol–water partition coefficient (Wildman–Crippen LogP) is 4.83. The van der Waals surface area contributed by atoms with Crippen molar-refractivity contribution in [3.8, 4) is 10.8 Å². The summed E-state index contributed by atoms with van der Waals surface area (Å²) in [6.07, 6.45) is 3.88. The van der Waals surface area contributed by atoms with Crippen LogP contribution >= 0.6 is 11.3 Å². The monoisotopic (exact) mass is 439 g/mol. The molecule has 0 radical (unpaired) electrons. The summed E-state index contributed by atoms with van der Waals surface area (Å²) in [7, 11) is 0. The number of hydrogen-bond acceptors (Lipinski definition) is 6. The first kappa shape index (κ1) is 19.9. The van der Waals surface area contributed by atoms with E-state index in [0.717, 1.165) is 41.8 Å². The van der Waals surface area contributed by atoms with Gasteiger partial charge in [-0.25, -0.2) is 9.37 Å². The molecule has 2 N–H and O–H groups in total. The number of carbonyl (C=O) groups is 1. The minimum Gasteiger partial charge on any atom is -0.420 e.